The third-order valence-electron chi connectivity index (χ3n) is 4.48. The highest BCUT2D eigenvalue weighted by Gasteiger charge is 2.24. The van der Waals surface area contributed by atoms with Crippen LogP contribution in [0, 0.1) is 0 Å². The Kier molecular flexibility index (Phi) is 6.92. The fraction of sp³-hybridized carbons (Fsp3) is 0.333. The Balaban J connectivity index is 2.15. The van der Waals surface area contributed by atoms with Crippen LogP contribution in [0.15, 0.2) is 60.7 Å². The van der Waals surface area contributed by atoms with Crippen LogP contribution in [0.3, 0.4) is 0 Å². The quantitative estimate of drug-likeness (QED) is 0.831. The van der Waals surface area contributed by atoms with E-state index in [0.717, 1.165) is 11.1 Å². The van der Waals surface area contributed by atoms with E-state index in [2.05, 4.69) is 5.32 Å². The molecule has 0 aromatic heterocycles. The number of carbonyl (C=O) groups excluding carboxylic acids is 2. The molecule has 0 saturated heterocycles. The minimum atomic E-state index is -0.422. The Morgan fingerprint density at radius 2 is 1.35 bits per heavy atom. The van der Waals surface area contributed by atoms with Crippen LogP contribution in [0.5, 0.6) is 0 Å². The van der Waals surface area contributed by atoms with E-state index in [-0.39, 0.29) is 24.4 Å². The van der Waals surface area contributed by atoms with Crippen molar-refractivity contribution in [1.82, 2.24) is 15.1 Å². The maximum atomic E-state index is 12.8. The SMILES string of the molecule is C[C@@H](C(=O)NC(c1ccccc1)c1ccccc1)N(C)CC(=O)N(C)C. The van der Waals surface area contributed by atoms with E-state index in [9.17, 15) is 9.59 Å². The minimum absolute atomic E-state index is 0.0326. The summed E-state index contributed by atoms with van der Waals surface area (Å²) in [5.41, 5.74) is 2.04. The van der Waals surface area contributed by atoms with Gasteiger partial charge in [-0.15, -0.1) is 0 Å². The van der Waals surface area contributed by atoms with Gasteiger partial charge in [0.05, 0.1) is 18.6 Å². The van der Waals surface area contributed by atoms with Crippen molar-refractivity contribution in [3.8, 4) is 0 Å². The Labute approximate surface area is 155 Å². The summed E-state index contributed by atoms with van der Waals surface area (Å²) < 4.78 is 0. The molecule has 138 valence electrons. The van der Waals surface area contributed by atoms with Crippen LogP contribution in [-0.4, -0.2) is 55.3 Å². The van der Waals surface area contributed by atoms with Gasteiger partial charge in [0.25, 0.3) is 0 Å². The van der Waals surface area contributed by atoms with Crippen LogP contribution in [0.2, 0.25) is 0 Å². The number of carbonyl (C=O) groups is 2. The highest BCUT2D eigenvalue weighted by Crippen LogP contribution is 2.22. The van der Waals surface area contributed by atoms with Crippen molar-refractivity contribution in [3.05, 3.63) is 71.8 Å². The first kappa shape index (κ1) is 19.7. The highest BCUT2D eigenvalue weighted by atomic mass is 16.2. The minimum Gasteiger partial charge on any atom is -0.348 e. The fourth-order valence-electron chi connectivity index (χ4n) is 2.60. The van der Waals surface area contributed by atoms with Crippen molar-refractivity contribution in [2.45, 2.75) is 19.0 Å². The summed E-state index contributed by atoms with van der Waals surface area (Å²) >= 11 is 0. The van der Waals surface area contributed by atoms with E-state index < -0.39 is 6.04 Å². The first-order valence-electron chi connectivity index (χ1n) is 8.70. The maximum absolute atomic E-state index is 12.8. The molecule has 0 bridgehead atoms. The zero-order chi connectivity index (χ0) is 19.1. The number of amides is 2. The van der Waals surface area contributed by atoms with E-state index in [1.54, 1.807) is 26.0 Å². The van der Waals surface area contributed by atoms with Gasteiger partial charge in [-0.2, -0.15) is 0 Å². The molecule has 0 heterocycles. The lowest BCUT2D eigenvalue weighted by atomic mass is 9.98. The zero-order valence-corrected chi connectivity index (χ0v) is 15.8. The fourth-order valence-corrected chi connectivity index (χ4v) is 2.60. The third-order valence-corrected chi connectivity index (χ3v) is 4.48. The average Bonchev–Trinajstić information content (AvgIpc) is 2.66. The molecule has 0 radical (unpaired) electrons. The second kappa shape index (κ2) is 9.15. The van der Waals surface area contributed by atoms with E-state index in [0.29, 0.717) is 0 Å². The summed E-state index contributed by atoms with van der Waals surface area (Å²) in [5, 5.41) is 3.13. The van der Waals surface area contributed by atoms with Gasteiger partial charge in [0.2, 0.25) is 11.8 Å². The number of nitrogens with one attached hydrogen (secondary N) is 1. The number of likely N-dealkylation sites (N-methyl/N-ethyl adjacent to an activating group) is 2. The molecule has 1 atom stereocenters. The second-order valence-corrected chi connectivity index (χ2v) is 6.64. The molecule has 2 rings (SSSR count). The normalized spacial score (nSPS) is 12.1. The van der Waals surface area contributed by atoms with Crippen LogP contribution in [0.25, 0.3) is 0 Å². The summed E-state index contributed by atoms with van der Waals surface area (Å²) in [6.45, 7) is 2.01. The molecule has 2 aromatic carbocycles. The number of hydrogen-bond acceptors (Lipinski definition) is 3. The van der Waals surface area contributed by atoms with Gasteiger partial charge < -0.3 is 10.2 Å². The molecule has 1 N–H and O–H groups in total. The summed E-state index contributed by atoms with van der Waals surface area (Å²) in [6, 6.07) is 19.1. The second-order valence-electron chi connectivity index (χ2n) is 6.64. The molecular formula is C21H27N3O2. The molecule has 0 aliphatic rings. The largest absolute Gasteiger partial charge is 0.348 e. The van der Waals surface area contributed by atoms with Crippen molar-refractivity contribution in [3.63, 3.8) is 0 Å². The summed E-state index contributed by atoms with van der Waals surface area (Å²) in [6.07, 6.45) is 0. The van der Waals surface area contributed by atoms with Gasteiger partial charge in [-0.1, -0.05) is 60.7 Å². The molecule has 0 unspecified atom stereocenters. The van der Waals surface area contributed by atoms with Gasteiger partial charge in [-0.3, -0.25) is 14.5 Å². The van der Waals surface area contributed by atoms with E-state index >= 15 is 0 Å². The summed E-state index contributed by atoms with van der Waals surface area (Å²) in [5.74, 6) is -0.147. The first-order valence-corrected chi connectivity index (χ1v) is 8.70. The van der Waals surface area contributed by atoms with Gasteiger partial charge in [0, 0.05) is 14.1 Å². The summed E-state index contributed by atoms with van der Waals surface area (Å²) in [7, 11) is 5.20. The van der Waals surface area contributed by atoms with E-state index in [1.807, 2.05) is 67.6 Å². The predicted molar refractivity (Wildman–Crippen MR) is 104 cm³/mol. The lowest BCUT2D eigenvalue weighted by Gasteiger charge is -2.27. The van der Waals surface area contributed by atoms with Gasteiger partial charge in [-0.05, 0) is 25.1 Å². The van der Waals surface area contributed by atoms with Gasteiger partial charge in [0.15, 0.2) is 0 Å². The standard InChI is InChI=1S/C21H27N3O2/c1-16(24(4)15-19(25)23(2)3)21(26)22-20(17-11-7-5-8-12-17)18-13-9-6-10-14-18/h5-14,16,20H,15H2,1-4H3,(H,22,26)/t16-/m0/s1. The first-order chi connectivity index (χ1) is 12.4. The number of nitrogens with zero attached hydrogens (tertiary/aromatic N) is 2. The van der Waals surface area contributed by atoms with Crippen molar-refractivity contribution < 1.29 is 9.59 Å². The average molecular weight is 353 g/mol. The topological polar surface area (TPSA) is 52.7 Å². The lowest BCUT2D eigenvalue weighted by Crippen LogP contribution is -2.47. The number of rotatable bonds is 7. The Hall–Kier alpha value is -2.66. The molecule has 5 nitrogen and oxygen atoms in total. The van der Waals surface area contributed by atoms with Crippen LogP contribution >= 0.6 is 0 Å². The van der Waals surface area contributed by atoms with Crippen molar-refractivity contribution in [2.24, 2.45) is 0 Å². The van der Waals surface area contributed by atoms with Crippen molar-refractivity contribution in [2.75, 3.05) is 27.7 Å². The van der Waals surface area contributed by atoms with Gasteiger partial charge in [-0.25, -0.2) is 0 Å². The number of benzene rings is 2. The molecule has 0 aliphatic carbocycles. The maximum Gasteiger partial charge on any atom is 0.237 e. The van der Waals surface area contributed by atoms with Gasteiger partial charge >= 0.3 is 0 Å². The summed E-state index contributed by atoms with van der Waals surface area (Å²) in [4.78, 5) is 28.0. The van der Waals surface area contributed by atoms with E-state index in [1.165, 1.54) is 4.90 Å². The lowest BCUT2D eigenvalue weighted by molar-refractivity contribution is -0.132. The predicted octanol–water partition coefficient (Wildman–Crippen LogP) is 2.30. The Morgan fingerprint density at radius 1 is 0.885 bits per heavy atom. The van der Waals surface area contributed by atoms with Crippen LogP contribution in [0.4, 0.5) is 0 Å². The molecule has 0 aliphatic heterocycles. The molecule has 2 aromatic rings. The monoisotopic (exact) mass is 353 g/mol. The number of hydrogen-bond donors (Lipinski definition) is 1. The van der Waals surface area contributed by atoms with Crippen LogP contribution < -0.4 is 5.32 Å². The highest BCUT2D eigenvalue weighted by molar-refractivity contribution is 5.83. The zero-order valence-electron chi connectivity index (χ0n) is 15.8. The Bertz CT molecular complexity index is 677. The van der Waals surface area contributed by atoms with Crippen molar-refractivity contribution in [1.29, 1.82) is 0 Å². The molecule has 0 spiro atoms. The molecule has 26 heavy (non-hydrogen) atoms. The molecule has 5 heteroatoms. The molecule has 2 amide bonds. The van der Waals surface area contributed by atoms with Crippen LogP contribution in [-0.2, 0) is 9.59 Å². The Morgan fingerprint density at radius 3 is 1.77 bits per heavy atom. The molecule has 0 fully saturated rings. The van der Waals surface area contributed by atoms with Crippen LogP contribution in [0.1, 0.15) is 24.1 Å². The third kappa shape index (κ3) is 5.17. The van der Waals surface area contributed by atoms with Gasteiger partial charge in [0.1, 0.15) is 0 Å². The molecule has 0 saturated carbocycles. The smallest absolute Gasteiger partial charge is 0.237 e. The van der Waals surface area contributed by atoms with E-state index in [4.69, 9.17) is 0 Å². The van der Waals surface area contributed by atoms with Crippen molar-refractivity contribution >= 4 is 11.8 Å². The molecular weight excluding hydrogens is 326 g/mol.